The lowest BCUT2D eigenvalue weighted by atomic mass is 9.84. The summed E-state index contributed by atoms with van der Waals surface area (Å²) in [5, 5.41) is 2.98. The number of imide groups is 1. The number of urea groups is 1. The Morgan fingerprint density at radius 1 is 1.23 bits per heavy atom. The Kier molecular flexibility index (Phi) is 4.34. The first kappa shape index (κ1) is 15.3. The average Bonchev–Trinajstić information content (AvgIpc) is 2.79. The second-order valence-corrected chi connectivity index (χ2v) is 6.36. The lowest BCUT2D eigenvalue weighted by molar-refractivity contribution is -0.129. The normalized spacial score (nSPS) is 23.0. The molecule has 1 N–H and O–H groups in total. The monoisotopic (exact) mass is 324 g/mol. The molecule has 2 aliphatic rings. The average molecular weight is 325 g/mol. The molecule has 0 bridgehead atoms. The van der Waals surface area contributed by atoms with E-state index < -0.39 is 17.9 Å². The van der Waals surface area contributed by atoms with Gasteiger partial charge in [-0.15, -0.1) is 0 Å². The molecule has 6 heteroatoms. The number of carbonyl (C=O) groups is 2. The van der Waals surface area contributed by atoms with Crippen LogP contribution in [0.2, 0.25) is 5.02 Å². The minimum atomic E-state index is -0.505. The van der Waals surface area contributed by atoms with Crippen LogP contribution in [0.4, 0.5) is 9.18 Å². The standard InChI is InChI=1S/C16H18ClFN2O2/c17-12-7-4-8-13(18)11(12)9-20-15(21)14(19-16(20)22)10-5-2-1-3-6-10/h4,7-8,10,14H,1-3,5-6,9H2,(H,19,22)/t14-/m0/s1. The van der Waals surface area contributed by atoms with Gasteiger partial charge in [0.15, 0.2) is 0 Å². The predicted octanol–water partition coefficient (Wildman–Crippen LogP) is 3.48. The highest BCUT2D eigenvalue weighted by Gasteiger charge is 2.42. The number of rotatable bonds is 3. The van der Waals surface area contributed by atoms with Crippen LogP contribution < -0.4 is 5.32 Å². The first-order chi connectivity index (χ1) is 10.6. The summed E-state index contributed by atoms with van der Waals surface area (Å²) in [5.41, 5.74) is 0.178. The maximum absolute atomic E-state index is 13.9. The summed E-state index contributed by atoms with van der Waals surface area (Å²) in [6.07, 6.45) is 5.25. The zero-order chi connectivity index (χ0) is 15.7. The summed E-state index contributed by atoms with van der Waals surface area (Å²) >= 11 is 5.98. The molecule has 1 saturated heterocycles. The summed E-state index contributed by atoms with van der Waals surface area (Å²) in [6.45, 7) is -0.126. The SMILES string of the molecule is O=C1N[C@@H](C2CCCCC2)C(=O)N1Cc1c(F)cccc1Cl. The van der Waals surface area contributed by atoms with E-state index >= 15 is 0 Å². The van der Waals surface area contributed by atoms with Gasteiger partial charge in [-0.3, -0.25) is 9.69 Å². The fraction of sp³-hybridized carbons (Fsp3) is 0.500. The minimum absolute atomic E-state index is 0.126. The van der Waals surface area contributed by atoms with Crippen molar-refractivity contribution in [2.24, 2.45) is 5.92 Å². The van der Waals surface area contributed by atoms with Gasteiger partial charge in [0.1, 0.15) is 11.9 Å². The van der Waals surface area contributed by atoms with E-state index in [0.29, 0.717) is 0 Å². The third-order valence-electron chi connectivity index (χ3n) is 4.56. The fourth-order valence-electron chi connectivity index (χ4n) is 3.32. The van der Waals surface area contributed by atoms with Gasteiger partial charge < -0.3 is 5.32 Å². The van der Waals surface area contributed by atoms with Crippen LogP contribution in [0, 0.1) is 11.7 Å². The molecule has 0 spiro atoms. The third-order valence-corrected chi connectivity index (χ3v) is 4.91. The van der Waals surface area contributed by atoms with Gasteiger partial charge in [0.25, 0.3) is 5.91 Å². The Labute approximate surface area is 133 Å². The first-order valence-electron chi connectivity index (χ1n) is 7.62. The van der Waals surface area contributed by atoms with Gasteiger partial charge in [-0.25, -0.2) is 9.18 Å². The van der Waals surface area contributed by atoms with Gasteiger partial charge in [-0.1, -0.05) is 36.9 Å². The molecule has 1 saturated carbocycles. The molecule has 1 aromatic carbocycles. The van der Waals surface area contributed by atoms with Gasteiger partial charge >= 0.3 is 6.03 Å². The molecular weight excluding hydrogens is 307 g/mol. The maximum Gasteiger partial charge on any atom is 0.325 e. The van der Waals surface area contributed by atoms with Crippen molar-refractivity contribution in [2.75, 3.05) is 0 Å². The number of benzene rings is 1. The van der Waals surface area contributed by atoms with Gasteiger partial charge in [0.2, 0.25) is 0 Å². The van der Waals surface area contributed by atoms with Crippen LogP contribution in [-0.4, -0.2) is 22.9 Å². The van der Waals surface area contributed by atoms with Crippen molar-refractivity contribution < 1.29 is 14.0 Å². The van der Waals surface area contributed by atoms with Gasteiger partial charge in [0.05, 0.1) is 6.54 Å². The van der Waals surface area contributed by atoms with E-state index in [-0.39, 0.29) is 29.0 Å². The van der Waals surface area contributed by atoms with Gasteiger partial charge in [-0.2, -0.15) is 0 Å². The highest BCUT2D eigenvalue weighted by Crippen LogP contribution is 2.30. The van der Waals surface area contributed by atoms with Gasteiger partial charge in [0, 0.05) is 10.6 Å². The highest BCUT2D eigenvalue weighted by molar-refractivity contribution is 6.31. The number of amides is 3. The number of carbonyl (C=O) groups excluding carboxylic acids is 2. The Balaban J connectivity index is 1.77. The van der Waals surface area contributed by atoms with E-state index in [1.54, 1.807) is 6.07 Å². The predicted molar refractivity (Wildman–Crippen MR) is 80.9 cm³/mol. The zero-order valence-corrected chi connectivity index (χ0v) is 12.9. The number of halogens is 2. The molecule has 4 nitrogen and oxygen atoms in total. The maximum atomic E-state index is 13.9. The van der Waals surface area contributed by atoms with E-state index in [2.05, 4.69) is 5.32 Å². The molecule has 1 aliphatic carbocycles. The molecule has 2 fully saturated rings. The van der Waals surface area contributed by atoms with Crippen molar-refractivity contribution in [3.05, 3.63) is 34.6 Å². The van der Waals surface area contributed by atoms with E-state index in [1.165, 1.54) is 18.6 Å². The van der Waals surface area contributed by atoms with Gasteiger partial charge in [-0.05, 0) is 30.9 Å². The molecule has 22 heavy (non-hydrogen) atoms. The Bertz CT molecular complexity index is 582. The van der Waals surface area contributed by atoms with E-state index in [0.717, 1.165) is 30.6 Å². The van der Waals surface area contributed by atoms with Crippen LogP contribution in [0.15, 0.2) is 18.2 Å². The van der Waals surface area contributed by atoms with E-state index in [9.17, 15) is 14.0 Å². The minimum Gasteiger partial charge on any atom is -0.326 e. The van der Waals surface area contributed by atoms with Crippen LogP contribution in [-0.2, 0) is 11.3 Å². The Hall–Kier alpha value is -1.62. The topological polar surface area (TPSA) is 49.4 Å². The quantitative estimate of drug-likeness (QED) is 0.865. The number of hydrogen-bond acceptors (Lipinski definition) is 2. The number of nitrogens with zero attached hydrogens (tertiary/aromatic N) is 1. The third kappa shape index (κ3) is 2.82. The number of hydrogen-bond donors (Lipinski definition) is 1. The van der Waals surface area contributed by atoms with Crippen molar-refractivity contribution in [3.63, 3.8) is 0 Å². The second kappa shape index (κ2) is 6.24. The molecular formula is C16H18ClFN2O2. The molecule has 118 valence electrons. The van der Waals surface area contributed by atoms with Crippen molar-refractivity contribution >= 4 is 23.5 Å². The molecule has 0 aromatic heterocycles. The molecule has 3 amide bonds. The Morgan fingerprint density at radius 3 is 2.64 bits per heavy atom. The second-order valence-electron chi connectivity index (χ2n) is 5.95. The van der Waals surface area contributed by atoms with Crippen molar-refractivity contribution in [2.45, 2.75) is 44.7 Å². The molecule has 1 aromatic rings. The lowest BCUT2D eigenvalue weighted by Crippen LogP contribution is -2.38. The van der Waals surface area contributed by atoms with E-state index in [1.807, 2.05) is 0 Å². The summed E-state index contributed by atoms with van der Waals surface area (Å²) < 4.78 is 13.9. The summed E-state index contributed by atoms with van der Waals surface area (Å²) in [6, 6.07) is 3.39. The molecule has 0 radical (unpaired) electrons. The van der Waals surface area contributed by atoms with Crippen LogP contribution in [0.5, 0.6) is 0 Å². The van der Waals surface area contributed by atoms with Crippen LogP contribution >= 0.6 is 11.6 Å². The molecule has 0 unspecified atom stereocenters. The summed E-state index contributed by atoms with van der Waals surface area (Å²) in [4.78, 5) is 25.7. The highest BCUT2D eigenvalue weighted by atomic mass is 35.5. The molecule has 1 aliphatic heterocycles. The lowest BCUT2D eigenvalue weighted by Gasteiger charge is -2.25. The van der Waals surface area contributed by atoms with Crippen molar-refractivity contribution in [1.29, 1.82) is 0 Å². The molecule has 1 atom stereocenters. The van der Waals surface area contributed by atoms with Crippen LogP contribution in [0.25, 0.3) is 0 Å². The van der Waals surface area contributed by atoms with Crippen LogP contribution in [0.1, 0.15) is 37.7 Å². The summed E-state index contributed by atoms with van der Waals surface area (Å²) in [7, 11) is 0. The largest absolute Gasteiger partial charge is 0.326 e. The smallest absolute Gasteiger partial charge is 0.325 e. The Morgan fingerprint density at radius 2 is 1.95 bits per heavy atom. The summed E-state index contributed by atoms with van der Waals surface area (Å²) in [5.74, 6) is -0.586. The van der Waals surface area contributed by atoms with Crippen molar-refractivity contribution in [1.82, 2.24) is 10.2 Å². The molecule has 3 rings (SSSR count). The number of nitrogens with one attached hydrogen (secondary N) is 1. The molecule has 1 heterocycles. The van der Waals surface area contributed by atoms with Crippen molar-refractivity contribution in [3.8, 4) is 0 Å². The van der Waals surface area contributed by atoms with Crippen LogP contribution in [0.3, 0.4) is 0 Å². The fourth-order valence-corrected chi connectivity index (χ4v) is 3.54. The van der Waals surface area contributed by atoms with E-state index in [4.69, 9.17) is 11.6 Å². The first-order valence-corrected chi connectivity index (χ1v) is 8.00. The zero-order valence-electron chi connectivity index (χ0n) is 12.1.